The zero-order valence-electron chi connectivity index (χ0n) is 12.8. The van der Waals surface area contributed by atoms with Crippen molar-refractivity contribution in [1.29, 1.82) is 0 Å². The summed E-state index contributed by atoms with van der Waals surface area (Å²) in [6, 6.07) is 12.2. The summed E-state index contributed by atoms with van der Waals surface area (Å²) in [5.41, 5.74) is 0.567. The standard InChI is InChI=1S/C17H16N2O4/c1-10-8-9-12(22-10)14-13-15(23-18(14)2)17(21)19(16(13)20)11-6-4-3-5-7-11/h3-9,13-15H,1-2H3/t13-,14+,15+/m1/s1. The minimum Gasteiger partial charge on any atom is -0.465 e. The van der Waals surface area contributed by atoms with Crippen molar-refractivity contribution in [2.24, 2.45) is 5.92 Å². The molecule has 3 heterocycles. The fourth-order valence-corrected chi connectivity index (χ4v) is 3.35. The Morgan fingerprint density at radius 3 is 2.39 bits per heavy atom. The second-order valence-electron chi connectivity index (χ2n) is 5.84. The molecule has 1 aromatic heterocycles. The first-order valence-corrected chi connectivity index (χ1v) is 7.47. The lowest BCUT2D eigenvalue weighted by Gasteiger charge is -2.22. The third-order valence-electron chi connectivity index (χ3n) is 4.37. The number of fused-ring (bicyclic) bond motifs is 1. The molecular weight excluding hydrogens is 296 g/mol. The van der Waals surface area contributed by atoms with Crippen LogP contribution in [0.5, 0.6) is 0 Å². The van der Waals surface area contributed by atoms with Gasteiger partial charge in [0.25, 0.3) is 5.91 Å². The van der Waals surface area contributed by atoms with E-state index in [0.717, 1.165) is 5.76 Å². The number of carbonyl (C=O) groups excluding carboxylic acids is 2. The second-order valence-corrected chi connectivity index (χ2v) is 5.84. The molecule has 2 saturated heterocycles. The molecule has 3 atom stereocenters. The van der Waals surface area contributed by atoms with E-state index in [1.807, 2.05) is 25.1 Å². The van der Waals surface area contributed by atoms with E-state index in [-0.39, 0.29) is 11.8 Å². The van der Waals surface area contributed by atoms with E-state index in [9.17, 15) is 9.59 Å². The summed E-state index contributed by atoms with van der Waals surface area (Å²) in [5, 5.41) is 1.55. The van der Waals surface area contributed by atoms with E-state index >= 15 is 0 Å². The molecule has 23 heavy (non-hydrogen) atoms. The quantitative estimate of drug-likeness (QED) is 0.794. The molecule has 4 rings (SSSR count). The maximum atomic E-state index is 12.9. The molecule has 118 valence electrons. The van der Waals surface area contributed by atoms with Crippen molar-refractivity contribution in [1.82, 2.24) is 5.06 Å². The fourth-order valence-electron chi connectivity index (χ4n) is 3.35. The van der Waals surface area contributed by atoms with Gasteiger partial charge in [0.2, 0.25) is 5.91 Å². The molecule has 2 aliphatic heterocycles. The van der Waals surface area contributed by atoms with Gasteiger partial charge in [0, 0.05) is 7.05 Å². The van der Waals surface area contributed by atoms with Crippen LogP contribution in [0.2, 0.25) is 0 Å². The molecule has 2 fully saturated rings. The summed E-state index contributed by atoms with van der Waals surface area (Å²) in [4.78, 5) is 32.4. The zero-order chi connectivity index (χ0) is 16.1. The van der Waals surface area contributed by atoms with Crippen LogP contribution in [0.15, 0.2) is 46.9 Å². The lowest BCUT2D eigenvalue weighted by Crippen LogP contribution is -2.36. The molecule has 2 amide bonds. The number of rotatable bonds is 2. The second kappa shape index (κ2) is 5.04. The Morgan fingerprint density at radius 2 is 1.74 bits per heavy atom. The van der Waals surface area contributed by atoms with Gasteiger partial charge < -0.3 is 4.42 Å². The molecule has 0 unspecified atom stereocenters. The highest BCUT2D eigenvalue weighted by atomic mass is 16.7. The number of furan rings is 1. The highest BCUT2D eigenvalue weighted by Crippen LogP contribution is 2.45. The molecule has 0 radical (unpaired) electrons. The Labute approximate surface area is 133 Å². The van der Waals surface area contributed by atoms with Crippen LogP contribution in [0.1, 0.15) is 17.6 Å². The number of anilines is 1. The summed E-state index contributed by atoms with van der Waals surface area (Å²) in [6.45, 7) is 1.84. The average molecular weight is 312 g/mol. The predicted octanol–water partition coefficient (Wildman–Crippen LogP) is 2.06. The van der Waals surface area contributed by atoms with Gasteiger partial charge in [-0.3, -0.25) is 14.4 Å². The minimum absolute atomic E-state index is 0.255. The maximum Gasteiger partial charge on any atom is 0.265 e. The minimum atomic E-state index is -0.803. The smallest absolute Gasteiger partial charge is 0.265 e. The van der Waals surface area contributed by atoms with Crippen molar-refractivity contribution in [3.8, 4) is 0 Å². The number of para-hydroxylation sites is 1. The van der Waals surface area contributed by atoms with Gasteiger partial charge in [0.1, 0.15) is 23.5 Å². The molecule has 0 saturated carbocycles. The van der Waals surface area contributed by atoms with Crippen LogP contribution in [0.3, 0.4) is 0 Å². The molecule has 6 heteroatoms. The van der Waals surface area contributed by atoms with E-state index in [4.69, 9.17) is 9.25 Å². The van der Waals surface area contributed by atoms with Gasteiger partial charge in [-0.2, -0.15) is 5.06 Å². The third-order valence-corrected chi connectivity index (χ3v) is 4.37. The van der Waals surface area contributed by atoms with Crippen LogP contribution >= 0.6 is 0 Å². The van der Waals surface area contributed by atoms with E-state index in [2.05, 4.69) is 0 Å². The SMILES string of the molecule is Cc1ccc([C@H]2[C@H]3C(=O)N(c4ccccc4)C(=O)[C@H]3ON2C)o1. The van der Waals surface area contributed by atoms with Crippen LogP contribution in [-0.2, 0) is 14.4 Å². The Balaban J connectivity index is 1.73. The normalized spacial score (nSPS) is 27.7. The lowest BCUT2D eigenvalue weighted by molar-refractivity contribution is -0.161. The van der Waals surface area contributed by atoms with Crippen LogP contribution in [0.4, 0.5) is 5.69 Å². The average Bonchev–Trinajstić information content (AvgIpc) is 3.17. The molecule has 0 aliphatic carbocycles. The number of amides is 2. The number of nitrogens with zero attached hydrogens (tertiary/aromatic N) is 2. The summed E-state index contributed by atoms with van der Waals surface area (Å²) in [5.74, 6) is 0.207. The van der Waals surface area contributed by atoms with E-state index < -0.39 is 18.1 Å². The van der Waals surface area contributed by atoms with Crippen molar-refractivity contribution in [3.05, 3.63) is 54.0 Å². The Bertz CT molecular complexity index is 770. The Kier molecular flexibility index (Phi) is 3.11. The first-order chi connectivity index (χ1) is 11.1. The molecule has 2 aromatic rings. The molecule has 2 aliphatic rings. The van der Waals surface area contributed by atoms with Crippen molar-refractivity contribution < 1.29 is 18.8 Å². The Morgan fingerprint density at radius 1 is 1.00 bits per heavy atom. The monoisotopic (exact) mass is 312 g/mol. The van der Waals surface area contributed by atoms with Crippen LogP contribution in [-0.4, -0.2) is 30.0 Å². The first-order valence-electron chi connectivity index (χ1n) is 7.47. The van der Waals surface area contributed by atoms with Crippen LogP contribution in [0.25, 0.3) is 0 Å². The van der Waals surface area contributed by atoms with Crippen LogP contribution in [0, 0.1) is 12.8 Å². The molecular formula is C17H16N2O4. The number of aryl methyl sites for hydroxylation is 1. The third kappa shape index (κ3) is 2.03. The molecule has 6 nitrogen and oxygen atoms in total. The largest absolute Gasteiger partial charge is 0.465 e. The lowest BCUT2D eigenvalue weighted by atomic mass is 9.95. The van der Waals surface area contributed by atoms with Crippen molar-refractivity contribution in [2.45, 2.75) is 19.1 Å². The number of imide groups is 1. The van der Waals surface area contributed by atoms with Crippen molar-refractivity contribution >= 4 is 17.5 Å². The summed E-state index contributed by atoms with van der Waals surface area (Å²) >= 11 is 0. The van der Waals surface area contributed by atoms with Crippen molar-refractivity contribution in [2.75, 3.05) is 11.9 Å². The van der Waals surface area contributed by atoms with Gasteiger partial charge in [-0.1, -0.05) is 18.2 Å². The number of benzene rings is 1. The topological polar surface area (TPSA) is 63.0 Å². The van der Waals surface area contributed by atoms with Gasteiger partial charge in [-0.15, -0.1) is 0 Å². The zero-order valence-corrected chi connectivity index (χ0v) is 12.8. The van der Waals surface area contributed by atoms with Gasteiger partial charge in [0.15, 0.2) is 6.10 Å². The number of hydrogen-bond acceptors (Lipinski definition) is 5. The molecule has 1 aromatic carbocycles. The summed E-state index contributed by atoms with van der Waals surface area (Å²) in [6.07, 6.45) is -0.803. The summed E-state index contributed by atoms with van der Waals surface area (Å²) in [7, 11) is 1.72. The van der Waals surface area contributed by atoms with Gasteiger partial charge in [0.05, 0.1) is 5.69 Å². The van der Waals surface area contributed by atoms with Crippen LogP contribution < -0.4 is 4.90 Å². The van der Waals surface area contributed by atoms with Gasteiger partial charge in [-0.05, 0) is 31.2 Å². The number of carbonyl (C=O) groups is 2. The van der Waals surface area contributed by atoms with Gasteiger partial charge in [-0.25, -0.2) is 4.90 Å². The van der Waals surface area contributed by atoms with E-state index in [0.29, 0.717) is 11.4 Å². The van der Waals surface area contributed by atoms with E-state index in [1.165, 1.54) is 4.90 Å². The first kappa shape index (κ1) is 14.2. The number of hydroxylamine groups is 2. The molecule has 0 spiro atoms. The van der Waals surface area contributed by atoms with Crippen molar-refractivity contribution in [3.63, 3.8) is 0 Å². The molecule has 0 bridgehead atoms. The molecule has 0 N–H and O–H groups in total. The van der Waals surface area contributed by atoms with E-state index in [1.54, 1.807) is 36.4 Å². The Hall–Kier alpha value is -2.44. The summed E-state index contributed by atoms with van der Waals surface area (Å²) < 4.78 is 5.67. The highest BCUT2D eigenvalue weighted by molar-refractivity contribution is 6.23. The maximum absolute atomic E-state index is 12.9. The highest BCUT2D eigenvalue weighted by Gasteiger charge is 2.60. The fraction of sp³-hybridized carbons (Fsp3) is 0.294. The number of hydrogen-bond donors (Lipinski definition) is 0. The van der Waals surface area contributed by atoms with Gasteiger partial charge >= 0.3 is 0 Å². The predicted molar refractivity (Wildman–Crippen MR) is 81.2 cm³/mol.